The zero-order valence-electron chi connectivity index (χ0n) is 14.1. The van der Waals surface area contributed by atoms with Gasteiger partial charge in [0.2, 0.25) is 0 Å². The molecule has 0 aliphatic carbocycles. The molecule has 0 atom stereocenters. The number of benzene rings is 2. The molecule has 4 rings (SSSR count). The minimum absolute atomic E-state index is 0.751. The molecule has 0 bridgehead atoms. The fourth-order valence-electron chi connectivity index (χ4n) is 2.19. The molecule has 0 N–H and O–H groups in total. The number of aliphatic imine (C=N–C) groups is 2. The molecule has 0 fully saturated rings. The number of aromatic nitrogens is 2. The van der Waals surface area contributed by atoms with Crippen LogP contribution < -0.4 is 4.74 Å². The standard InChI is InChI=1S/C20H14N4OS2/c1-5-19(6-2-15(1)21-9-17-11-26-13-23-17)25-20-7-3-16(4-8-20)22-10-18-12-27-14-24-18/h1-14H. The number of rotatable bonds is 6. The molecule has 2 aromatic carbocycles. The van der Waals surface area contributed by atoms with Gasteiger partial charge in [-0.1, -0.05) is 0 Å². The summed E-state index contributed by atoms with van der Waals surface area (Å²) in [7, 11) is 0. The van der Waals surface area contributed by atoms with Gasteiger partial charge in [0.05, 0.1) is 46.2 Å². The number of nitrogens with zero attached hydrogens (tertiary/aromatic N) is 4. The van der Waals surface area contributed by atoms with Gasteiger partial charge in [0, 0.05) is 10.8 Å². The largest absolute Gasteiger partial charge is 0.457 e. The third-order valence-corrected chi connectivity index (χ3v) is 4.71. The van der Waals surface area contributed by atoms with E-state index in [1.807, 2.05) is 59.3 Å². The first kappa shape index (κ1) is 17.3. The van der Waals surface area contributed by atoms with Crippen molar-refractivity contribution in [3.63, 3.8) is 0 Å². The summed E-state index contributed by atoms with van der Waals surface area (Å²) in [5, 5.41) is 3.90. The summed E-state index contributed by atoms with van der Waals surface area (Å²) < 4.78 is 5.86. The van der Waals surface area contributed by atoms with E-state index < -0.39 is 0 Å². The summed E-state index contributed by atoms with van der Waals surface area (Å²) in [6.45, 7) is 0. The SMILES string of the molecule is C(=Nc1ccc(Oc2ccc(N=Cc3cscn3)cc2)cc1)c1cscn1. The van der Waals surface area contributed by atoms with E-state index in [4.69, 9.17) is 4.74 Å². The van der Waals surface area contributed by atoms with E-state index in [0.717, 1.165) is 34.3 Å². The van der Waals surface area contributed by atoms with Gasteiger partial charge in [-0.15, -0.1) is 22.7 Å². The highest BCUT2D eigenvalue weighted by molar-refractivity contribution is 7.08. The van der Waals surface area contributed by atoms with Crippen LogP contribution in [0.15, 0.2) is 80.3 Å². The van der Waals surface area contributed by atoms with Crippen molar-refractivity contribution in [1.82, 2.24) is 9.97 Å². The van der Waals surface area contributed by atoms with Crippen molar-refractivity contribution >= 4 is 46.5 Å². The van der Waals surface area contributed by atoms with Crippen LogP contribution in [-0.4, -0.2) is 22.4 Å². The lowest BCUT2D eigenvalue weighted by molar-refractivity contribution is 0.483. The molecule has 7 heteroatoms. The van der Waals surface area contributed by atoms with Gasteiger partial charge in [-0.25, -0.2) is 9.97 Å². The maximum Gasteiger partial charge on any atom is 0.127 e. The second kappa shape index (κ2) is 8.48. The van der Waals surface area contributed by atoms with Crippen LogP contribution in [0, 0.1) is 0 Å². The molecule has 2 heterocycles. The van der Waals surface area contributed by atoms with Crippen LogP contribution >= 0.6 is 22.7 Å². The van der Waals surface area contributed by atoms with E-state index in [2.05, 4.69) is 20.0 Å². The fraction of sp³-hybridized carbons (Fsp3) is 0. The first-order chi connectivity index (χ1) is 13.3. The smallest absolute Gasteiger partial charge is 0.127 e. The summed E-state index contributed by atoms with van der Waals surface area (Å²) in [5.41, 5.74) is 6.99. The second-order valence-corrected chi connectivity index (χ2v) is 6.87. The normalized spacial score (nSPS) is 11.4. The molecule has 0 aliphatic rings. The van der Waals surface area contributed by atoms with Gasteiger partial charge in [0.25, 0.3) is 0 Å². The maximum absolute atomic E-state index is 5.86. The Morgan fingerprint density at radius 1 is 0.667 bits per heavy atom. The van der Waals surface area contributed by atoms with Crippen molar-refractivity contribution in [3.05, 3.63) is 81.7 Å². The molecule has 0 radical (unpaired) electrons. The van der Waals surface area contributed by atoms with Gasteiger partial charge in [-0.3, -0.25) is 9.98 Å². The Hall–Kier alpha value is -3.16. The van der Waals surface area contributed by atoms with E-state index in [-0.39, 0.29) is 0 Å². The van der Waals surface area contributed by atoms with Gasteiger partial charge in [-0.2, -0.15) is 0 Å². The summed E-state index contributed by atoms with van der Waals surface area (Å²) in [6.07, 6.45) is 3.49. The van der Waals surface area contributed by atoms with Crippen LogP contribution in [0.1, 0.15) is 11.4 Å². The number of thiazole rings is 2. The zero-order valence-corrected chi connectivity index (χ0v) is 15.7. The van der Waals surface area contributed by atoms with Gasteiger partial charge in [0.1, 0.15) is 11.5 Å². The molecule has 0 spiro atoms. The summed E-state index contributed by atoms with van der Waals surface area (Å²) in [4.78, 5) is 17.1. The maximum atomic E-state index is 5.86. The Bertz CT molecular complexity index is 937. The molecule has 0 saturated carbocycles. The summed E-state index contributed by atoms with van der Waals surface area (Å²) >= 11 is 3.10. The lowest BCUT2D eigenvalue weighted by Crippen LogP contribution is -1.83. The number of hydrogen-bond acceptors (Lipinski definition) is 7. The average Bonchev–Trinajstić information content (AvgIpc) is 3.41. The monoisotopic (exact) mass is 390 g/mol. The van der Waals surface area contributed by atoms with Crippen LogP contribution in [0.25, 0.3) is 0 Å². The molecule has 0 amide bonds. The van der Waals surface area contributed by atoms with Crippen molar-refractivity contribution < 1.29 is 4.74 Å². The molecule has 27 heavy (non-hydrogen) atoms. The number of hydrogen-bond donors (Lipinski definition) is 0. The Labute approximate surface area is 164 Å². The highest BCUT2D eigenvalue weighted by Gasteiger charge is 1.99. The third kappa shape index (κ3) is 4.93. The predicted molar refractivity (Wildman–Crippen MR) is 112 cm³/mol. The Kier molecular flexibility index (Phi) is 5.42. The van der Waals surface area contributed by atoms with Crippen molar-refractivity contribution in [2.24, 2.45) is 9.98 Å². The lowest BCUT2D eigenvalue weighted by Gasteiger charge is -2.06. The van der Waals surface area contributed by atoms with Gasteiger partial charge in [-0.05, 0) is 48.5 Å². The van der Waals surface area contributed by atoms with E-state index >= 15 is 0 Å². The average molecular weight is 390 g/mol. The second-order valence-electron chi connectivity index (χ2n) is 5.43. The molecule has 0 aliphatic heterocycles. The van der Waals surface area contributed by atoms with Crippen molar-refractivity contribution in [3.8, 4) is 11.5 Å². The summed E-state index contributed by atoms with van der Waals surface area (Å²) in [5.74, 6) is 1.50. The lowest BCUT2D eigenvalue weighted by atomic mass is 10.3. The van der Waals surface area contributed by atoms with Crippen LogP contribution in [-0.2, 0) is 0 Å². The molecule has 4 aromatic rings. The van der Waals surface area contributed by atoms with Crippen molar-refractivity contribution in [2.45, 2.75) is 0 Å². The Morgan fingerprint density at radius 2 is 1.11 bits per heavy atom. The first-order valence-corrected chi connectivity index (χ1v) is 9.96. The Morgan fingerprint density at radius 3 is 1.48 bits per heavy atom. The highest BCUT2D eigenvalue weighted by atomic mass is 32.1. The van der Waals surface area contributed by atoms with Crippen LogP contribution in [0.2, 0.25) is 0 Å². The minimum atomic E-state index is 0.751. The van der Waals surface area contributed by atoms with Crippen molar-refractivity contribution in [1.29, 1.82) is 0 Å². The quantitative estimate of drug-likeness (QED) is 0.386. The molecule has 5 nitrogen and oxygen atoms in total. The van der Waals surface area contributed by atoms with Gasteiger partial charge < -0.3 is 4.74 Å². The van der Waals surface area contributed by atoms with E-state index in [0.29, 0.717) is 0 Å². The zero-order chi connectivity index (χ0) is 18.3. The molecule has 0 saturated heterocycles. The van der Waals surface area contributed by atoms with E-state index in [1.165, 1.54) is 0 Å². The van der Waals surface area contributed by atoms with Crippen molar-refractivity contribution in [2.75, 3.05) is 0 Å². The van der Waals surface area contributed by atoms with Crippen LogP contribution in [0.4, 0.5) is 11.4 Å². The van der Waals surface area contributed by atoms with Gasteiger partial charge >= 0.3 is 0 Å². The predicted octanol–water partition coefficient (Wildman–Crippen LogP) is 5.89. The molecule has 2 aromatic heterocycles. The molecule has 0 unspecified atom stereocenters. The summed E-state index contributed by atoms with van der Waals surface area (Å²) in [6, 6.07) is 15.2. The molecular weight excluding hydrogens is 376 g/mol. The first-order valence-electron chi connectivity index (χ1n) is 8.08. The topological polar surface area (TPSA) is 59.7 Å². The fourth-order valence-corrected chi connectivity index (χ4v) is 3.20. The van der Waals surface area contributed by atoms with Crippen LogP contribution in [0.3, 0.4) is 0 Å². The van der Waals surface area contributed by atoms with E-state index in [1.54, 1.807) is 46.1 Å². The third-order valence-electron chi connectivity index (χ3n) is 3.50. The Balaban J connectivity index is 1.37. The van der Waals surface area contributed by atoms with Gasteiger partial charge in [0.15, 0.2) is 0 Å². The minimum Gasteiger partial charge on any atom is -0.457 e. The molecule has 132 valence electrons. The van der Waals surface area contributed by atoms with Crippen LogP contribution in [0.5, 0.6) is 11.5 Å². The molecular formula is C20H14N4OS2. The number of ether oxygens (including phenoxy) is 1. The van der Waals surface area contributed by atoms with E-state index in [9.17, 15) is 0 Å². The highest BCUT2D eigenvalue weighted by Crippen LogP contribution is 2.26.